The van der Waals surface area contributed by atoms with Crippen molar-refractivity contribution in [3.63, 3.8) is 0 Å². The Labute approximate surface area is 225 Å². The molecule has 0 fully saturated rings. The highest BCUT2D eigenvalue weighted by molar-refractivity contribution is 6.31. The highest BCUT2D eigenvalue weighted by Gasteiger charge is 2.60. The molecule has 6 rings (SSSR count). The van der Waals surface area contributed by atoms with Gasteiger partial charge >= 0.3 is 6.01 Å². The number of nitrogens with zero attached hydrogens (tertiary/aromatic N) is 5. The number of ether oxygens (including phenoxy) is 2. The van der Waals surface area contributed by atoms with E-state index in [2.05, 4.69) is 44.7 Å². The van der Waals surface area contributed by atoms with Crippen LogP contribution in [0.2, 0.25) is 5.02 Å². The van der Waals surface area contributed by atoms with Gasteiger partial charge in [0.05, 0.1) is 37.7 Å². The van der Waals surface area contributed by atoms with Crippen LogP contribution in [-0.2, 0) is 16.9 Å². The fourth-order valence-electron chi connectivity index (χ4n) is 5.67. The number of hydrogen-bond acceptors (Lipinski definition) is 7. The molecule has 2 aliphatic heterocycles. The molecule has 1 spiro atoms. The molecule has 0 aliphatic carbocycles. The Balaban J connectivity index is 1.67. The number of rotatable bonds is 5. The average molecular weight is 531 g/mol. The lowest BCUT2D eigenvalue weighted by Crippen LogP contribution is -2.49. The second-order valence-electron chi connectivity index (χ2n) is 9.75. The monoisotopic (exact) mass is 530 g/mol. The first kappa shape index (κ1) is 24.2. The maximum Gasteiger partial charge on any atom is 0.319 e. The van der Waals surface area contributed by atoms with Gasteiger partial charge in [0.15, 0.2) is 5.54 Å². The lowest BCUT2D eigenvalue weighted by Gasteiger charge is -2.37. The summed E-state index contributed by atoms with van der Waals surface area (Å²) in [6.07, 6.45) is 1.65. The molecule has 0 saturated carbocycles. The van der Waals surface area contributed by atoms with Gasteiger partial charge in [-0.3, -0.25) is 4.79 Å². The highest BCUT2D eigenvalue weighted by atomic mass is 35.5. The number of amides is 1. The minimum absolute atomic E-state index is 0.0495. The summed E-state index contributed by atoms with van der Waals surface area (Å²) in [5.41, 5.74) is 4.62. The fourth-order valence-corrected chi connectivity index (χ4v) is 5.85. The van der Waals surface area contributed by atoms with Gasteiger partial charge in [-0.05, 0) is 50.6 Å². The van der Waals surface area contributed by atoms with Crippen molar-refractivity contribution in [2.75, 3.05) is 24.4 Å². The van der Waals surface area contributed by atoms with E-state index in [1.165, 1.54) is 7.11 Å². The summed E-state index contributed by atoms with van der Waals surface area (Å²) in [6, 6.07) is 13.9. The van der Waals surface area contributed by atoms with Gasteiger partial charge in [0.1, 0.15) is 5.82 Å². The standard InChI is InChI=1S/C28H27ClN6O3/c1-15(2)35-23-22(31-24(35)19-13-30-27(38-5)33-25(19)37-4)14-34(18-8-6-7-16(3)11-18)28(23)20-10-9-17(29)12-21(20)32-26(28)36/h6-13,15H,14H2,1-5H3,(H,32,36). The van der Waals surface area contributed by atoms with E-state index in [9.17, 15) is 4.79 Å². The third kappa shape index (κ3) is 3.31. The van der Waals surface area contributed by atoms with Crippen LogP contribution in [0.25, 0.3) is 11.4 Å². The number of methoxy groups -OCH3 is 2. The van der Waals surface area contributed by atoms with Crippen LogP contribution in [0, 0.1) is 6.92 Å². The number of fused-ring (bicyclic) bond motifs is 4. The summed E-state index contributed by atoms with van der Waals surface area (Å²) in [5, 5.41) is 3.66. The minimum atomic E-state index is -1.15. The van der Waals surface area contributed by atoms with E-state index < -0.39 is 5.54 Å². The zero-order valence-corrected chi connectivity index (χ0v) is 22.5. The van der Waals surface area contributed by atoms with Crippen LogP contribution < -0.4 is 19.7 Å². The number of nitrogens with one attached hydrogen (secondary N) is 1. The lowest BCUT2D eigenvalue weighted by atomic mass is 9.87. The minimum Gasteiger partial charge on any atom is -0.480 e. The van der Waals surface area contributed by atoms with Crippen molar-refractivity contribution in [2.24, 2.45) is 0 Å². The molecule has 1 N–H and O–H groups in total. The van der Waals surface area contributed by atoms with Crippen LogP contribution in [0.4, 0.5) is 11.4 Å². The number of carbonyl (C=O) groups is 1. The number of aryl methyl sites for hydroxylation is 1. The van der Waals surface area contributed by atoms with Crippen LogP contribution in [0.1, 0.15) is 42.4 Å². The molecule has 2 aliphatic rings. The fraction of sp³-hybridized carbons (Fsp3) is 0.286. The van der Waals surface area contributed by atoms with Gasteiger partial charge in [-0.1, -0.05) is 29.8 Å². The summed E-state index contributed by atoms with van der Waals surface area (Å²) in [4.78, 5) is 30.2. The van der Waals surface area contributed by atoms with E-state index in [0.29, 0.717) is 34.5 Å². The SMILES string of the molecule is COc1ncc(-c2nc3c(n2C(C)C)C2(C(=O)Nc4cc(Cl)ccc42)N(c2cccc(C)c2)C3)c(OC)n1. The van der Waals surface area contributed by atoms with E-state index in [4.69, 9.17) is 26.1 Å². The molecule has 0 saturated heterocycles. The van der Waals surface area contributed by atoms with E-state index in [0.717, 1.165) is 28.2 Å². The van der Waals surface area contributed by atoms with E-state index in [1.54, 1.807) is 19.4 Å². The summed E-state index contributed by atoms with van der Waals surface area (Å²) in [7, 11) is 3.05. The Kier molecular flexibility index (Phi) is 5.57. The van der Waals surface area contributed by atoms with Crippen molar-refractivity contribution >= 4 is 28.9 Å². The van der Waals surface area contributed by atoms with Crippen LogP contribution >= 0.6 is 11.6 Å². The van der Waals surface area contributed by atoms with Gasteiger partial charge in [0.25, 0.3) is 5.91 Å². The molecule has 0 bridgehead atoms. The first-order valence-corrected chi connectivity index (χ1v) is 12.7. The largest absolute Gasteiger partial charge is 0.480 e. The van der Waals surface area contributed by atoms with Crippen LogP contribution in [-0.4, -0.2) is 39.6 Å². The Hall–Kier alpha value is -4.11. The molecule has 2 aromatic carbocycles. The number of imidazole rings is 1. The molecule has 2 aromatic heterocycles. The zero-order chi connectivity index (χ0) is 26.8. The number of carbonyl (C=O) groups excluding carboxylic acids is 1. The summed E-state index contributed by atoms with van der Waals surface area (Å²) in [5.74, 6) is 0.819. The lowest BCUT2D eigenvalue weighted by molar-refractivity contribution is -0.119. The molecule has 194 valence electrons. The molecule has 1 amide bonds. The predicted octanol–water partition coefficient (Wildman–Crippen LogP) is 5.12. The normalized spacial score (nSPS) is 17.7. The number of anilines is 2. The third-order valence-electron chi connectivity index (χ3n) is 7.17. The van der Waals surface area contributed by atoms with Gasteiger partial charge in [0.2, 0.25) is 5.88 Å². The quantitative estimate of drug-likeness (QED) is 0.383. The van der Waals surface area contributed by atoms with Crippen molar-refractivity contribution in [1.82, 2.24) is 19.5 Å². The number of benzene rings is 2. The number of halogens is 1. The van der Waals surface area contributed by atoms with Crippen molar-refractivity contribution in [1.29, 1.82) is 0 Å². The van der Waals surface area contributed by atoms with Crippen LogP contribution in [0.5, 0.6) is 11.9 Å². The molecule has 38 heavy (non-hydrogen) atoms. The van der Waals surface area contributed by atoms with Crippen molar-refractivity contribution in [3.8, 4) is 23.3 Å². The van der Waals surface area contributed by atoms with Crippen LogP contribution in [0.3, 0.4) is 0 Å². The highest BCUT2D eigenvalue weighted by Crippen LogP contribution is 2.54. The summed E-state index contributed by atoms with van der Waals surface area (Å²) >= 11 is 6.34. The first-order chi connectivity index (χ1) is 18.3. The molecule has 4 heterocycles. The maximum absolute atomic E-state index is 14.2. The molecule has 9 nitrogen and oxygen atoms in total. The third-order valence-corrected chi connectivity index (χ3v) is 7.40. The van der Waals surface area contributed by atoms with Crippen molar-refractivity contribution in [3.05, 3.63) is 76.2 Å². The topological polar surface area (TPSA) is 94.4 Å². The second kappa shape index (κ2) is 8.73. The predicted molar refractivity (Wildman–Crippen MR) is 145 cm³/mol. The number of aromatic nitrogens is 4. The Morgan fingerprint density at radius 1 is 1.11 bits per heavy atom. The van der Waals surface area contributed by atoms with Crippen LogP contribution in [0.15, 0.2) is 48.7 Å². The first-order valence-electron chi connectivity index (χ1n) is 12.3. The molecular weight excluding hydrogens is 504 g/mol. The zero-order valence-electron chi connectivity index (χ0n) is 21.7. The average Bonchev–Trinajstić information content (AvgIpc) is 3.52. The molecular formula is C28H27ClN6O3. The van der Waals surface area contributed by atoms with Gasteiger partial charge in [0, 0.05) is 34.2 Å². The Morgan fingerprint density at radius 2 is 1.92 bits per heavy atom. The molecule has 1 atom stereocenters. The number of hydrogen-bond donors (Lipinski definition) is 1. The Morgan fingerprint density at radius 3 is 2.63 bits per heavy atom. The van der Waals surface area contributed by atoms with Gasteiger partial charge in [-0.15, -0.1) is 0 Å². The Bertz CT molecular complexity index is 1600. The molecule has 0 radical (unpaired) electrons. The van der Waals surface area contributed by atoms with E-state index >= 15 is 0 Å². The van der Waals surface area contributed by atoms with Gasteiger partial charge < -0.3 is 24.3 Å². The smallest absolute Gasteiger partial charge is 0.319 e. The summed E-state index contributed by atoms with van der Waals surface area (Å²) < 4.78 is 12.9. The second-order valence-corrected chi connectivity index (χ2v) is 10.2. The molecule has 1 unspecified atom stereocenters. The van der Waals surface area contributed by atoms with E-state index in [1.807, 2.05) is 37.3 Å². The van der Waals surface area contributed by atoms with Gasteiger partial charge in [-0.25, -0.2) is 9.97 Å². The molecule has 10 heteroatoms. The van der Waals surface area contributed by atoms with Crippen molar-refractivity contribution < 1.29 is 14.3 Å². The van der Waals surface area contributed by atoms with Crippen molar-refractivity contribution in [2.45, 2.75) is 38.9 Å². The maximum atomic E-state index is 14.2. The van der Waals surface area contributed by atoms with E-state index in [-0.39, 0.29) is 18.0 Å². The molecule has 4 aromatic rings. The summed E-state index contributed by atoms with van der Waals surface area (Å²) in [6.45, 7) is 6.62. The van der Waals surface area contributed by atoms with Gasteiger partial charge in [-0.2, -0.15) is 4.98 Å².